The highest BCUT2D eigenvalue weighted by Gasteiger charge is 2.38. The van der Waals surface area contributed by atoms with Crippen LogP contribution in [-0.4, -0.2) is 58.7 Å². The summed E-state index contributed by atoms with van der Waals surface area (Å²) in [5, 5.41) is 20.9. The van der Waals surface area contributed by atoms with Crippen LogP contribution >= 0.6 is 0 Å². The van der Waals surface area contributed by atoms with Gasteiger partial charge in [0, 0.05) is 0 Å². The van der Waals surface area contributed by atoms with E-state index in [2.05, 4.69) is 15.3 Å². The van der Waals surface area contributed by atoms with E-state index in [-0.39, 0.29) is 46.8 Å². The molecule has 4 rings (SSSR count). The number of nitrogens with zero attached hydrogens (tertiary/aromatic N) is 2. The minimum atomic E-state index is -3.38. The molecule has 0 bridgehead atoms. The molecule has 34 heavy (non-hydrogen) atoms. The number of aliphatic hydroxyl groups excluding tert-OH is 2. The summed E-state index contributed by atoms with van der Waals surface area (Å²) in [5.74, 6) is -1.50. The minimum Gasteiger partial charge on any atom is -0.393 e. The first-order chi connectivity index (χ1) is 16.2. The number of hydrogen-bond acceptors (Lipinski definition) is 7. The number of anilines is 1. The number of aromatic nitrogens is 2. The van der Waals surface area contributed by atoms with Crippen LogP contribution in [0.5, 0.6) is 0 Å². The number of carbonyl (C=O) groups is 1. The van der Waals surface area contributed by atoms with Gasteiger partial charge in [0.2, 0.25) is 5.91 Å². The van der Waals surface area contributed by atoms with Crippen LogP contribution in [-0.2, 0) is 14.6 Å². The number of nitrogens with one attached hydrogen (secondary N) is 1. The van der Waals surface area contributed by atoms with Gasteiger partial charge < -0.3 is 15.5 Å². The molecule has 0 radical (unpaired) electrons. The van der Waals surface area contributed by atoms with Gasteiger partial charge in [0.25, 0.3) is 0 Å². The van der Waals surface area contributed by atoms with Crippen molar-refractivity contribution in [3.63, 3.8) is 0 Å². The number of amides is 1. The van der Waals surface area contributed by atoms with E-state index in [9.17, 15) is 27.1 Å². The fourth-order valence-corrected chi connectivity index (χ4v) is 5.95. The molecular formula is C23H27F2N3O5S. The molecule has 5 atom stereocenters. The highest BCUT2D eigenvalue weighted by atomic mass is 32.2. The number of benzene rings is 1. The van der Waals surface area contributed by atoms with Gasteiger partial charge in [0.15, 0.2) is 15.7 Å². The Hall–Kier alpha value is -2.50. The lowest BCUT2D eigenvalue weighted by Crippen LogP contribution is -2.24. The van der Waals surface area contributed by atoms with Crippen molar-refractivity contribution in [1.82, 2.24) is 9.97 Å². The van der Waals surface area contributed by atoms with E-state index in [4.69, 9.17) is 5.11 Å². The highest BCUT2D eigenvalue weighted by molar-refractivity contribution is 7.92. The zero-order chi connectivity index (χ0) is 24.5. The lowest BCUT2D eigenvalue weighted by Gasteiger charge is -2.21. The van der Waals surface area contributed by atoms with Crippen molar-refractivity contribution in [2.45, 2.75) is 66.6 Å². The summed E-state index contributed by atoms with van der Waals surface area (Å²) in [6.45, 7) is -0.526. The average Bonchev–Trinajstić information content (AvgIpc) is 3.64. The second kappa shape index (κ2) is 10.0. The third-order valence-electron chi connectivity index (χ3n) is 6.41. The topological polar surface area (TPSA) is 129 Å². The van der Waals surface area contributed by atoms with Gasteiger partial charge in [-0.05, 0) is 55.7 Å². The maximum atomic E-state index is 13.8. The number of hydrogen-bond donors (Lipinski definition) is 3. The zero-order valence-electron chi connectivity index (χ0n) is 18.3. The molecule has 2 fully saturated rings. The summed E-state index contributed by atoms with van der Waals surface area (Å²) in [5.41, 5.74) is 0.670. The smallest absolute Gasteiger partial charge is 0.233 e. The molecule has 2 aromatic rings. The second-order valence-corrected chi connectivity index (χ2v) is 11.2. The van der Waals surface area contributed by atoms with Gasteiger partial charge in [-0.15, -0.1) is 0 Å². The highest BCUT2D eigenvalue weighted by Crippen LogP contribution is 2.39. The van der Waals surface area contributed by atoms with Crippen molar-refractivity contribution < 1.29 is 32.2 Å². The molecule has 1 amide bonds. The quantitative estimate of drug-likeness (QED) is 0.488. The summed E-state index contributed by atoms with van der Waals surface area (Å²) in [4.78, 5) is 21.3. The van der Waals surface area contributed by atoms with E-state index in [0.29, 0.717) is 18.4 Å². The molecule has 2 aliphatic carbocycles. The Bertz CT molecular complexity index is 1100. The molecule has 1 aromatic heterocycles. The molecule has 0 spiro atoms. The Balaban J connectivity index is 1.54. The molecule has 1 aromatic carbocycles. The lowest BCUT2D eigenvalue weighted by atomic mass is 9.87. The summed E-state index contributed by atoms with van der Waals surface area (Å²) >= 11 is 0. The van der Waals surface area contributed by atoms with Crippen LogP contribution in [0, 0.1) is 5.92 Å². The normalized spacial score (nSPS) is 24.5. The van der Waals surface area contributed by atoms with E-state index < -0.39 is 46.7 Å². The predicted octanol–water partition coefficient (Wildman–Crippen LogP) is 2.64. The van der Waals surface area contributed by atoms with E-state index >= 15 is 0 Å². The molecule has 184 valence electrons. The third kappa shape index (κ3) is 5.42. The summed E-state index contributed by atoms with van der Waals surface area (Å²) < 4.78 is 52.5. The van der Waals surface area contributed by atoms with Crippen molar-refractivity contribution in [2.75, 3.05) is 11.9 Å². The fourth-order valence-electron chi connectivity index (χ4n) is 4.29. The van der Waals surface area contributed by atoms with Crippen LogP contribution in [0.3, 0.4) is 0 Å². The van der Waals surface area contributed by atoms with Crippen molar-refractivity contribution in [3.8, 4) is 0 Å². The number of sulfone groups is 1. The standard InChI is InChI=1S/C23H27F2N3O5S/c24-18-8-13(9-19(18)25)7-17(14-1-3-15(4-2-14)34(32,33)16-5-6-16)23(31)28-22-11-26-20(10-27-22)21(30)12-29/h1-4,10-11,13,16-19,21,29-30H,5-9,12H2,(H,27,28,31)/t13?,17-,18-,19+,21+/m1/s1. The van der Waals surface area contributed by atoms with Gasteiger partial charge in [-0.3, -0.25) is 9.78 Å². The van der Waals surface area contributed by atoms with E-state index in [1.807, 2.05) is 0 Å². The molecule has 3 N–H and O–H groups in total. The summed E-state index contributed by atoms with van der Waals surface area (Å²) in [6.07, 6.45) is -0.343. The second-order valence-electron chi connectivity index (χ2n) is 8.99. The number of rotatable bonds is 9. The van der Waals surface area contributed by atoms with Crippen molar-refractivity contribution in [2.24, 2.45) is 5.92 Å². The predicted molar refractivity (Wildman–Crippen MR) is 119 cm³/mol. The van der Waals surface area contributed by atoms with Crippen LogP contribution in [0.25, 0.3) is 0 Å². The van der Waals surface area contributed by atoms with Gasteiger partial charge in [0.1, 0.15) is 18.4 Å². The van der Waals surface area contributed by atoms with Crippen LogP contribution in [0.1, 0.15) is 55.4 Å². The van der Waals surface area contributed by atoms with Crippen molar-refractivity contribution >= 4 is 21.6 Å². The average molecular weight is 496 g/mol. The molecular weight excluding hydrogens is 468 g/mol. The zero-order valence-corrected chi connectivity index (χ0v) is 19.2. The Morgan fingerprint density at radius 2 is 1.74 bits per heavy atom. The molecule has 2 aliphatic rings. The van der Waals surface area contributed by atoms with Crippen LogP contribution < -0.4 is 5.32 Å². The van der Waals surface area contributed by atoms with Gasteiger partial charge in [-0.25, -0.2) is 22.2 Å². The lowest BCUT2D eigenvalue weighted by molar-refractivity contribution is -0.118. The van der Waals surface area contributed by atoms with E-state index in [1.54, 1.807) is 12.1 Å². The number of alkyl halides is 2. The monoisotopic (exact) mass is 495 g/mol. The van der Waals surface area contributed by atoms with Gasteiger partial charge >= 0.3 is 0 Å². The SMILES string of the molecule is O=C(Nc1cnc([C@@H](O)CO)cn1)[C@H](CC1C[C@@H](F)[C@@H](F)C1)c1ccc(S(=O)(=O)C2CC2)cc1. The molecule has 8 nitrogen and oxygen atoms in total. The van der Waals surface area contributed by atoms with Crippen LogP contribution in [0.2, 0.25) is 0 Å². The Morgan fingerprint density at radius 1 is 1.09 bits per heavy atom. The first kappa shape index (κ1) is 24.6. The van der Waals surface area contributed by atoms with E-state index in [1.165, 1.54) is 24.5 Å². The Labute approximate surface area is 196 Å². The molecule has 0 aliphatic heterocycles. The largest absolute Gasteiger partial charge is 0.393 e. The van der Waals surface area contributed by atoms with Crippen molar-refractivity contribution in [3.05, 3.63) is 47.9 Å². The minimum absolute atomic E-state index is 0.0205. The summed E-state index contributed by atoms with van der Waals surface area (Å²) in [7, 11) is -3.38. The first-order valence-electron chi connectivity index (χ1n) is 11.2. The summed E-state index contributed by atoms with van der Waals surface area (Å²) in [6, 6.07) is 6.08. The Morgan fingerprint density at radius 3 is 2.26 bits per heavy atom. The van der Waals surface area contributed by atoms with Crippen LogP contribution in [0.4, 0.5) is 14.6 Å². The van der Waals surface area contributed by atoms with E-state index in [0.717, 1.165) is 0 Å². The van der Waals surface area contributed by atoms with Crippen molar-refractivity contribution in [1.29, 1.82) is 0 Å². The fraction of sp³-hybridized carbons (Fsp3) is 0.522. The molecule has 2 saturated carbocycles. The molecule has 11 heteroatoms. The van der Waals surface area contributed by atoms with Crippen LogP contribution in [0.15, 0.2) is 41.6 Å². The van der Waals surface area contributed by atoms with Gasteiger partial charge in [-0.1, -0.05) is 12.1 Å². The third-order valence-corrected chi connectivity index (χ3v) is 8.68. The molecule has 1 unspecified atom stereocenters. The first-order valence-corrected chi connectivity index (χ1v) is 12.8. The number of aliphatic hydroxyl groups is 2. The number of carbonyl (C=O) groups excluding carboxylic acids is 1. The maximum absolute atomic E-state index is 13.8. The Kier molecular flexibility index (Phi) is 7.25. The van der Waals surface area contributed by atoms with Gasteiger partial charge in [-0.2, -0.15) is 0 Å². The molecule has 1 heterocycles. The number of halogens is 2. The molecule has 0 saturated heterocycles. The van der Waals surface area contributed by atoms with Gasteiger partial charge in [0.05, 0.1) is 40.8 Å². The maximum Gasteiger partial charge on any atom is 0.233 e.